The van der Waals surface area contributed by atoms with Crippen LogP contribution in [0.25, 0.3) is 0 Å². The van der Waals surface area contributed by atoms with Crippen molar-refractivity contribution in [2.75, 3.05) is 13.6 Å². The maximum Gasteiger partial charge on any atom is 0.326 e. The molecule has 3 aliphatic rings. The monoisotopic (exact) mass is 504 g/mol. The fraction of sp³-hybridized carbons (Fsp3) is 0.560. The van der Waals surface area contributed by atoms with Gasteiger partial charge in [0.15, 0.2) is 17.6 Å². The Kier molecular flexibility index (Phi) is 6.52. The molecule has 1 spiro atoms. The summed E-state index contributed by atoms with van der Waals surface area (Å²) >= 11 is 0. The fourth-order valence-electron chi connectivity index (χ4n) is 5.84. The van der Waals surface area contributed by atoms with E-state index in [1.165, 1.54) is 13.0 Å². The predicted octanol–water partition coefficient (Wildman–Crippen LogP) is 0.326. The number of hydrogen-bond donors (Lipinski definition) is 5. The van der Waals surface area contributed by atoms with Gasteiger partial charge in [0.2, 0.25) is 5.91 Å². The SMILES string of the molecule is Cc1ccc(O)c2c1C13CCN(C)[C@H](C)[C@]1(O)CC=C(OC(=O)C[C@H](NC(=O)[C@H](C)O)C(=O)O)C3O2. The number of nitrogens with one attached hydrogen (secondary N) is 1. The van der Waals surface area contributed by atoms with E-state index in [1.54, 1.807) is 12.1 Å². The number of hydrogen-bond acceptors (Lipinski definition) is 9. The lowest BCUT2D eigenvalue weighted by Gasteiger charge is -2.58. The fourth-order valence-corrected chi connectivity index (χ4v) is 5.84. The minimum atomic E-state index is -1.61. The summed E-state index contributed by atoms with van der Waals surface area (Å²) in [5.74, 6) is -3.07. The first-order valence-electron chi connectivity index (χ1n) is 11.9. The second kappa shape index (κ2) is 9.06. The number of carbonyl (C=O) groups is 3. The summed E-state index contributed by atoms with van der Waals surface area (Å²) in [7, 11) is 1.92. The first-order valence-corrected chi connectivity index (χ1v) is 11.9. The van der Waals surface area contributed by atoms with E-state index in [0.717, 1.165) is 5.56 Å². The molecule has 1 amide bonds. The van der Waals surface area contributed by atoms with E-state index < -0.39 is 53.5 Å². The summed E-state index contributed by atoms with van der Waals surface area (Å²) in [6.07, 6.45) is -0.910. The molecular weight excluding hydrogens is 472 g/mol. The standard InChI is InChI=1S/C25H32N2O9/c1-12-5-6-16(29)20-19(12)24-9-10-27(4)14(3)25(24,34)8-7-17(21(24)36-20)35-18(30)11-15(23(32)33)26-22(31)13(2)28/h5-7,13-15,21,28-29,34H,8-11H2,1-4H3,(H,26,31)(H,32,33)/t13-,14+,15-,21?,24?,25+/m0/s1. The predicted molar refractivity (Wildman–Crippen MR) is 125 cm³/mol. The third kappa shape index (κ3) is 3.82. The molecule has 36 heavy (non-hydrogen) atoms. The van der Waals surface area contributed by atoms with Crippen molar-refractivity contribution in [1.82, 2.24) is 10.2 Å². The lowest BCUT2D eigenvalue weighted by atomic mass is 9.54. The van der Waals surface area contributed by atoms with Crippen molar-refractivity contribution in [3.05, 3.63) is 35.1 Å². The number of aryl methyl sites for hydroxylation is 1. The van der Waals surface area contributed by atoms with Gasteiger partial charge in [-0.3, -0.25) is 9.59 Å². The van der Waals surface area contributed by atoms with Gasteiger partial charge in [-0.25, -0.2) is 4.79 Å². The van der Waals surface area contributed by atoms with E-state index in [2.05, 4.69) is 5.32 Å². The molecule has 0 radical (unpaired) electrons. The van der Waals surface area contributed by atoms with E-state index >= 15 is 0 Å². The number of carboxylic acids is 1. The van der Waals surface area contributed by atoms with Crippen LogP contribution in [0.5, 0.6) is 11.5 Å². The van der Waals surface area contributed by atoms with Gasteiger partial charge in [-0.05, 0) is 58.5 Å². The Morgan fingerprint density at radius 2 is 2.03 bits per heavy atom. The van der Waals surface area contributed by atoms with E-state index in [1.807, 2.05) is 25.8 Å². The average Bonchev–Trinajstić information content (AvgIpc) is 3.18. The van der Waals surface area contributed by atoms with Gasteiger partial charge < -0.3 is 40.1 Å². The van der Waals surface area contributed by atoms with E-state index in [-0.39, 0.29) is 29.7 Å². The Balaban J connectivity index is 1.68. The van der Waals surface area contributed by atoms with Crippen molar-refractivity contribution in [2.24, 2.45) is 0 Å². The summed E-state index contributed by atoms with van der Waals surface area (Å²) in [6, 6.07) is 1.37. The summed E-state index contributed by atoms with van der Waals surface area (Å²) in [5.41, 5.74) is -0.836. The number of amides is 1. The first kappa shape index (κ1) is 25.9. The van der Waals surface area contributed by atoms with Crippen molar-refractivity contribution >= 4 is 17.8 Å². The van der Waals surface area contributed by atoms with Gasteiger partial charge in [-0.2, -0.15) is 0 Å². The average molecular weight is 505 g/mol. The van der Waals surface area contributed by atoms with Crippen molar-refractivity contribution in [3.8, 4) is 11.5 Å². The molecule has 2 unspecified atom stereocenters. The third-order valence-corrected chi connectivity index (χ3v) is 7.93. The quantitative estimate of drug-likeness (QED) is 0.341. The van der Waals surface area contributed by atoms with Gasteiger partial charge in [0, 0.05) is 18.0 Å². The molecule has 0 aromatic heterocycles. The minimum Gasteiger partial charge on any atom is -0.504 e. The zero-order valence-corrected chi connectivity index (χ0v) is 20.6. The number of fused-ring (bicyclic) bond motifs is 1. The molecule has 2 aliphatic heterocycles. The molecule has 0 saturated carbocycles. The van der Waals surface area contributed by atoms with Crippen LogP contribution >= 0.6 is 0 Å². The maximum absolute atomic E-state index is 12.8. The number of benzene rings is 1. The number of likely N-dealkylation sites (N-methyl/N-ethyl adjacent to an activating group) is 1. The number of phenolic OH excluding ortho intramolecular Hbond substituents is 1. The van der Waals surface area contributed by atoms with Crippen molar-refractivity contribution < 1.29 is 44.3 Å². The molecular formula is C25H32N2O9. The number of nitrogens with zero attached hydrogens (tertiary/aromatic N) is 1. The number of likely N-dealkylation sites (tertiary alicyclic amines) is 1. The molecule has 6 atom stereocenters. The summed E-state index contributed by atoms with van der Waals surface area (Å²) in [4.78, 5) is 38.2. The maximum atomic E-state index is 12.8. The topological polar surface area (TPSA) is 166 Å². The summed E-state index contributed by atoms with van der Waals surface area (Å²) < 4.78 is 11.8. The van der Waals surface area contributed by atoms with Crippen LogP contribution in [0, 0.1) is 6.92 Å². The third-order valence-electron chi connectivity index (χ3n) is 7.93. The second-order valence-electron chi connectivity index (χ2n) is 9.97. The number of rotatable bonds is 6. The smallest absolute Gasteiger partial charge is 0.326 e. The van der Waals surface area contributed by atoms with Crippen molar-refractivity contribution in [2.45, 2.75) is 75.3 Å². The largest absolute Gasteiger partial charge is 0.504 e. The molecule has 5 N–H and O–H groups in total. The molecule has 0 bridgehead atoms. The number of esters is 1. The molecule has 11 nitrogen and oxygen atoms in total. The van der Waals surface area contributed by atoms with E-state index in [0.29, 0.717) is 18.5 Å². The molecule has 1 aromatic rings. The highest BCUT2D eigenvalue weighted by molar-refractivity contribution is 5.88. The number of carboxylic acid groups (broad SMARTS) is 1. The molecule has 2 heterocycles. The molecule has 1 aliphatic carbocycles. The first-order chi connectivity index (χ1) is 16.8. The van der Waals surface area contributed by atoms with Crippen LogP contribution in [0.3, 0.4) is 0 Å². The highest BCUT2D eigenvalue weighted by atomic mass is 16.6. The minimum absolute atomic E-state index is 0.0919. The van der Waals surface area contributed by atoms with Crippen molar-refractivity contribution in [1.29, 1.82) is 0 Å². The molecule has 11 heteroatoms. The van der Waals surface area contributed by atoms with Crippen molar-refractivity contribution in [3.63, 3.8) is 0 Å². The van der Waals surface area contributed by atoms with Gasteiger partial charge in [0.25, 0.3) is 0 Å². The van der Waals surface area contributed by atoms with Crippen LogP contribution < -0.4 is 10.1 Å². The number of carbonyl (C=O) groups excluding carboxylic acids is 2. The number of aromatic hydroxyl groups is 1. The van der Waals surface area contributed by atoms with E-state index in [9.17, 15) is 34.8 Å². The van der Waals surface area contributed by atoms with Gasteiger partial charge in [0.05, 0.1) is 17.4 Å². The lowest BCUT2D eigenvalue weighted by molar-refractivity contribution is -0.163. The molecule has 4 rings (SSSR count). The van der Waals surface area contributed by atoms with Gasteiger partial charge in [0.1, 0.15) is 17.9 Å². The lowest BCUT2D eigenvalue weighted by Crippen LogP contribution is -2.71. The summed E-state index contributed by atoms with van der Waals surface area (Å²) in [6.45, 7) is 5.58. The van der Waals surface area contributed by atoms with Gasteiger partial charge in [-0.1, -0.05) is 6.07 Å². The Morgan fingerprint density at radius 3 is 2.67 bits per heavy atom. The van der Waals surface area contributed by atoms with Crippen LogP contribution in [0.2, 0.25) is 0 Å². The molecule has 1 fully saturated rings. The van der Waals surface area contributed by atoms with Crippen LogP contribution in [0.4, 0.5) is 0 Å². The zero-order valence-electron chi connectivity index (χ0n) is 20.6. The Bertz CT molecular complexity index is 1130. The summed E-state index contributed by atoms with van der Waals surface area (Å²) in [5, 5.41) is 43.6. The number of phenols is 1. The normalized spacial score (nSPS) is 30.6. The van der Waals surface area contributed by atoms with Crippen LogP contribution in [0.15, 0.2) is 24.0 Å². The number of piperidine rings is 1. The highest BCUT2D eigenvalue weighted by Gasteiger charge is 2.69. The Labute approximate surface area is 208 Å². The van der Waals surface area contributed by atoms with Crippen LogP contribution in [-0.4, -0.2) is 86.7 Å². The zero-order chi connectivity index (χ0) is 26.6. The van der Waals surface area contributed by atoms with Gasteiger partial charge in [-0.15, -0.1) is 0 Å². The molecule has 1 saturated heterocycles. The molecule has 1 aromatic carbocycles. The number of aliphatic hydroxyl groups is 2. The number of ether oxygens (including phenoxy) is 2. The highest BCUT2D eigenvalue weighted by Crippen LogP contribution is 2.62. The number of aliphatic hydroxyl groups excluding tert-OH is 1. The van der Waals surface area contributed by atoms with Gasteiger partial charge >= 0.3 is 11.9 Å². The Hall–Kier alpha value is -3.15. The number of aliphatic carboxylic acids is 1. The molecule has 196 valence electrons. The Morgan fingerprint density at radius 1 is 1.33 bits per heavy atom. The van der Waals surface area contributed by atoms with Crippen LogP contribution in [0.1, 0.15) is 44.2 Å². The second-order valence-corrected chi connectivity index (χ2v) is 9.97. The van der Waals surface area contributed by atoms with Crippen LogP contribution in [-0.2, 0) is 24.5 Å². The van der Waals surface area contributed by atoms with E-state index in [4.69, 9.17) is 9.47 Å².